The second-order valence-electron chi connectivity index (χ2n) is 7.05. The van der Waals surface area contributed by atoms with Crippen LogP contribution in [-0.4, -0.2) is 22.6 Å². The summed E-state index contributed by atoms with van der Waals surface area (Å²) < 4.78 is 7.07. The highest BCUT2D eigenvalue weighted by molar-refractivity contribution is 7.22. The zero-order valence-electron chi connectivity index (χ0n) is 16.9. The molecule has 0 bridgehead atoms. The Morgan fingerprint density at radius 1 is 1.13 bits per heavy atom. The Kier molecular flexibility index (Phi) is 5.37. The molecule has 0 aliphatic heterocycles. The van der Waals surface area contributed by atoms with Crippen molar-refractivity contribution in [1.29, 1.82) is 0 Å². The van der Waals surface area contributed by atoms with Crippen LogP contribution in [0.5, 0.6) is 5.75 Å². The number of hydrogen-bond donors (Lipinski definition) is 1. The number of nitrogens with one attached hydrogen (secondary N) is 1. The van der Waals surface area contributed by atoms with Gasteiger partial charge < -0.3 is 10.1 Å². The number of aromatic nitrogens is 2. The van der Waals surface area contributed by atoms with Crippen molar-refractivity contribution in [2.45, 2.75) is 20.4 Å². The second-order valence-corrected chi connectivity index (χ2v) is 8.10. The van der Waals surface area contributed by atoms with Gasteiger partial charge in [-0.1, -0.05) is 18.2 Å². The summed E-state index contributed by atoms with van der Waals surface area (Å²) in [5.74, 6) is 0.512. The number of thiophene rings is 1. The van der Waals surface area contributed by atoms with E-state index >= 15 is 0 Å². The zero-order chi connectivity index (χ0) is 21.3. The molecule has 30 heavy (non-hydrogen) atoms. The first-order valence-corrected chi connectivity index (χ1v) is 10.3. The molecular weight excluding hydrogens is 398 g/mol. The summed E-state index contributed by atoms with van der Waals surface area (Å²) in [5.41, 5.74) is 4.13. The molecule has 0 radical (unpaired) electrons. The maximum Gasteiger partial charge on any atom is 0.271 e. The van der Waals surface area contributed by atoms with Crippen LogP contribution in [0.4, 0.5) is 5.69 Å². The van der Waals surface area contributed by atoms with Crippen molar-refractivity contribution in [2.24, 2.45) is 0 Å². The quantitative estimate of drug-likeness (QED) is 0.521. The molecule has 0 spiro atoms. The Morgan fingerprint density at radius 2 is 1.83 bits per heavy atom. The van der Waals surface area contributed by atoms with Crippen LogP contribution < -0.4 is 15.6 Å². The molecule has 2 heterocycles. The first-order chi connectivity index (χ1) is 14.5. The summed E-state index contributed by atoms with van der Waals surface area (Å²) in [6.45, 7) is 3.79. The molecule has 2 aromatic carbocycles. The van der Waals surface area contributed by atoms with Crippen LogP contribution in [0, 0.1) is 13.8 Å². The third-order valence-corrected chi connectivity index (χ3v) is 6.10. The minimum absolute atomic E-state index is 0.0919. The Balaban J connectivity index is 1.60. The van der Waals surface area contributed by atoms with Crippen molar-refractivity contribution < 1.29 is 9.53 Å². The third kappa shape index (κ3) is 3.84. The van der Waals surface area contributed by atoms with Crippen LogP contribution in [0.2, 0.25) is 0 Å². The highest BCUT2D eigenvalue weighted by Crippen LogP contribution is 2.31. The lowest BCUT2D eigenvalue weighted by Crippen LogP contribution is -2.27. The first-order valence-electron chi connectivity index (χ1n) is 9.45. The average molecular weight is 420 g/mol. The third-order valence-electron chi connectivity index (χ3n) is 4.94. The normalized spacial score (nSPS) is 10.9. The van der Waals surface area contributed by atoms with Crippen LogP contribution in [0.3, 0.4) is 0 Å². The van der Waals surface area contributed by atoms with Crippen molar-refractivity contribution in [3.63, 3.8) is 0 Å². The number of benzene rings is 2. The second kappa shape index (κ2) is 8.12. The largest absolute Gasteiger partial charge is 0.497 e. The van der Waals surface area contributed by atoms with Crippen molar-refractivity contribution in [1.82, 2.24) is 9.55 Å². The van der Waals surface area contributed by atoms with Gasteiger partial charge in [-0.3, -0.25) is 14.2 Å². The number of methoxy groups -OCH3 is 1. The molecule has 7 heteroatoms. The van der Waals surface area contributed by atoms with Gasteiger partial charge in [0.15, 0.2) is 0 Å². The molecule has 0 saturated heterocycles. The fourth-order valence-corrected chi connectivity index (χ4v) is 4.37. The lowest BCUT2D eigenvalue weighted by molar-refractivity contribution is -0.116. The molecule has 1 amide bonds. The van der Waals surface area contributed by atoms with E-state index < -0.39 is 0 Å². The number of hydrogen-bond acceptors (Lipinski definition) is 5. The van der Waals surface area contributed by atoms with Crippen molar-refractivity contribution >= 4 is 33.1 Å². The highest BCUT2D eigenvalue weighted by Gasteiger charge is 2.14. The summed E-state index contributed by atoms with van der Waals surface area (Å²) in [4.78, 5) is 30.8. The molecule has 6 nitrogen and oxygen atoms in total. The molecule has 0 atom stereocenters. The van der Waals surface area contributed by atoms with E-state index in [0.29, 0.717) is 10.2 Å². The van der Waals surface area contributed by atoms with Gasteiger partial charge in [-0.05, 0) is 60.9 Å². The number of carbonyl (C=O) groups excluding carboxylic acids is 1. The van der Waals surface area contributed by atoms with E-state index in [9.17, 15) is 9.59 Å². The Morgan fingerprint density at radius 3 is 2.50 bits per heavy atom. The minimum Gasteiger partial charge on any atom is -0.497 e. The van der Waals surface area contributed by atoms with Crippen LogP contribution >= 0.6 is 11.3 Å². The summed E-state index contributed by atoms with van der Waals surface area (Å²) in [7, 11) is 1.62. The molecule has 0 aliphatic rings. The summed E-state index contributed by atoms with van der Waals surface area (Å²) in [6.07, 6.45) is 1.43. The topological polar surface area (TPSA) is 73.2 Å². The molecule has 2 aromatic heterocycles. The van der Waals surface area contributed by atoms with Gasteiger partial charge in [-0.2, -0.15) is 0 Å². The lowest BCUT2D eigenvalue weighted by Gasteiger charge is -2.12. The van der Waals surface area contributed by atoms with Gasteiger partial charge in [0, 0.05) is 10.6 Å². The molecular formula is C23H21N3O3S. The Labute approximate surface area is 177 Å². The maximum atomic E-state index is 12.9. The minimum atomic E-state index is -0.261. The monoisotopic (exact) mass is 419 g/mol. The number of aryl methyl sites for hydroxylation is 2. The van der Waals surface area contributed by atoms with Gasteiger partial charge in [0.05, 0.1) is 19.0 Å². The van der Waals surface area contributed by atoms with E-state index in [4.69, 9.17) is 4.74 Å². The molecule has 0 fully saturated rings. The fourth-order valence-electron chi connectivity index (χ4n) is 3.30. The number of para-hydroxylation sites is 1. The SMILES string of the molecule is COc1ccc(-c2cc3ncn(CC(=O)Nc4c(C)cccc4C)c(=O)c3s2)cc1. The predicted octanol–water partition coefficient (Wildman–Crippen LogP) is 4.39. The lowest BCUT2D eigenvalue weighted by atomic mass is 10.1. The van der Waals surface area contributed by atoms with E-state index in [2.05, 4.69) is 10.3 Å². The van der Waals surface area contributed by atoms with Crippen LogP contribution in [0.15, 0.2) is 59.7 Å². The molecule has 0 saturated carbocycles. The molecule has 1 N–H and O–H groups in total. The number of ether oxygens (including phenoxy) is 1. The van der Waals surface area contributed by atoms with Gasteiger partial charge in [0.2, 0.25) is 5.91 Å². The van der Waals surface area contributed by atoms with E-state index in [-0.39, 0.29) is 18.0 Å². The van der Waals surface area contributed by atoms with Crippen molar-refractivity contribution in [3.8, 4) is 16.2 Å². The van der Waals surface area contributed by atoms with Gasteiger partial charge >= 0.3 is 0 Å². The van der Waals surface area contributed by atoms with Gasteiger partial charge in [0.1, 0.15) is 17.0 Å². The average Bonchev–Trinajstić information content (AvgIpc) is 3.18. The summed E-state index contributed by atoms with van der Waals surface area (Å²) in [6, 6.07) is 15.4. The number of anilines is 1. The number of fused-ring (bicyclic) bond motifs is 1. The Bertz CT molecular complexity index is 1270. The number of rotatable bonds is 5. The first kappa shape index (κ1) is 19.8. The standard InChI is InChI=1S/C23H21N3O3S/c1-14-5-4-6-15(2)21(14)25-20(27)12-26-13-24-18-11-19(30-22(18)23(26)28)16-7-9-17(29-3)10-8-16/h4-11,13H,12H2,1-3H3,(H,25,27). The molecule has 4 rings (SSSR count). The number of amides is 1. The van der Waals surface area contributed by atoms with Crippen LogP contribution in [-0.2, 0) is 11.3 Å². The van der Waals surface area contributed by atoms with Crippen LogP contribution in [0.25, 0.3) is 20.7 Å². The highest BCUT2D eigenvalue weighted by atomic mass is 32.1. The number of nitrogens with zero attached hydrogens (tertiary/aromatic N) is 2. The smallest absolute Gasteiger partial charge is 0.271 e. The van der Waals surface area contributed by atoms with Gasteiger partial charge in [0.25, 0.3) is 5.56 Å². The molecule has 4 aromatic rings. The van der Waals surface area contributed by atoms with Gasteiger partial charge in [-0.15, -0.1) is 11.3 Å². The van der Waals surface area contributed by atoms with Gasteiger partial charge in [-0.25, -0.2) is 4.98 Å². The predicted molar refractivity (Wildman–Crippen MR) is 120 cm³/mol. The van der Waals surface area contributed by atoms with E-state index in [1.165, 1.54) is 22.2 Å². The summed E-state index contributed by atoms with van der Waals surface area (Å²) in [5, 5.41) is 2.91. The van der Waals surface area contributed by atoms with Crippen LogP contribution in [0.1, 0.15) is 11.1 Å². The molecule has 152 valence electrons. The van der Waals surface area contributed by atoms with Crippen molar-refractivity contribution in [3.05, 3.63) is 76.3 Å². The summed E-state index contributed by atoms with van der Waals surface area (Å²) >= 11 is 1.37. The van der Waals surface area contributed by atoms with E-state index in [0.717, 1.165) is 33.0 Å². The van der Waals surface area contributed by atoms with Crippen molar-refractivity contribution in [2.75, 3.05) is 12.4 Å². The maximum absolute atomic E-state index is 12.9. The molecule has 0 unspecified atom stereocenters. The van der Waals surface area contributed by atoms with E-state index in [1.807, 2.05) is 62.4 Å². The molecule has 0 aliphatic carbocycles. The zero-order valence-corrected chi connectivity index (χ0v) is 17.7. The van der Waals surface area contributed by atoms with E-state index in [1.54, 1.807) is 7.11 Å². The Hall–Kier alpha value is -3.45. The number of carbonyl (C=O) groups is 1. The fraction of sp³-hybridized carbons (Fsp3) is 0.174.